The molecule has 0 unspecified atom stereocenters. The minimum absolute atomic E-state index is 0.273. The van der Waals surface area contributed by atoms with E-state index in [2.05, 4.69) is 25.2 Å². The molecule has 0 bridgehead atoms. The number of imidazole rings is 1. The number of aromatic nitrogens is 4. The van der Waals surface area contributed by atoms with E-state index in [0.29, 0.717) is 24.7 Å². The molecule has 9 nitrogen and oxygen atoms in total. The second-order valence-electron chi connectivity index (χ2n) is 8.40. The molecule has 204 valence electrons. The summed E-state index contributed by atoms with van der Waals surface area (Å²) >= 11 is 0. The van der Waals surface area contributed by atoms with E-state index in [1.807, 2.05) is 59.3 Å². The van der Waals surface area contributed by atoms with Gasteiger partial charge in [-0.15, -0.1) is 0 Å². The molecule has 5 rings (SSSR count). The van der Waals surface area contributed by atoms with Gasteiger partial charge in [-0.1, -0.05) is 24.3 Å². The van der Waals surface area contributed by atoms with Crippen molar-refractivity contribution < 1.29 is 32.2 Å². The first-order chi connectivity index (χ1) is 18.7. The predicted octanol–water partition coefficient (Wildman–Crippen LogP) is 4.74. The molecule has 1 aliphatic heterocycles. The zero-order chi connectivity index (χ0) is 27.8. The molecular weight excluding hydrogens is 520 g/mol. The summed E-state index contributed by atoms with van der Waals surface area (Å²) in [7, 11) is 0. The number of hydrogen-bond donors (Lipinski definition) is 2. The number of nitrogens with one attached hydrogen (secondary N) is 1. The Morgan fingerprint density at radius 2 is 1.82 bits per heavy atom. The van der Waals surface area contributed by atoms with Crippen LogP contribution in [0.4, 0.5) is 34.9 Å². The van der Waals surface area contributed by atoms with E-state index < -0.39 is 18.0 Å². The van der Waals surface area contributed by atoms with Crippen molar-refractivity contribution in [3.05, 3.63) is 84.8 Å². The number of hydrogen-bond acceptors (Lipinski definition) is 7. The van der Waals surface area contributed by atoms with Crippen LogP contribution in [0, 0.1) is 5.82 Å². The van der Waals surface area contributed by atoms with Crippen LogP contribution in [0.2, 0.25) is 0 Å². The monoisotopic (exact) mass is 544 g/mol. The Morgan fingerprint density at radius 1 is 1.10 bits per heavy atom. The standard InChI is InChI=1S/C24H23FN6O.C2HF3O2/c25-22-15-27-24(28-20-6-4-18(5-7-20)16-30-9-8-26-17-30)29-23(22)19-2-1-3-21(14-19)31-10-12-32-13-11-31;3-2(4,5)1(6)7/h1-9,14-15,17H,10-13,16H2,(H,27,28,29);(H,6,7). The van der Waals surface area contributed by atoms with Crippen molar-refractivity contribution in [2.75, 3.05) is 36.5 Å². The molecule has 0 amide bonds. The van der Waals surface area contributed by atoms with Gasteiger partial charge in [-0.25, -0.2) is 24.1 Å². The second-order valence-corrected chi connectivity index (χ2v) is 8.40. The number of morpholine rings is 1. The maximum absolute atomic E-state index is 14.6. The molecule has 13 heteroatoms. The number of carbonyl (C=O) groups is 1. The molecule has 0 aliphatic carbocycles. The maximum atomic E-state index is 14.6. The van der Waals surface area contributed by atoms with Crippen molar-refractivity contribution in [2.45, 2.75) is 12.7 Å². The van der Waals surface area contributed by atoms with E-state index in [4.69, 9.17) is 14.6 Å². The lowest BCUT2D eigenvalue weighted by Crippen LogP contribution is -2.36. The average Bonchev–Trinajstić information content (AvgIpc) is 3.44. The molecule has 2 aromatic heterocycles. The molecule has 2 N–H and O–H groups in total. The van der Waals surface area contributed by atoms with E-state index in [9.17, 15) is 17.6 Å². The normalized spacial score (nSPS) is 13.4. The molecule has 0 atom stereocenters. The Labute approximate surface area is 220 Å². The predicted molar refractivity (Wildman–Crippen MR) is 135 cm³/mol. The van der Waals surface area contributed by atoms with Crippen LogP contribution in [0.5, 0.6) is 0 Å². The summed E-state index contributed by atoms with van der Waals surface area (Å²) in [4.78, 5) is 23.8. The van der Waals surface area contributed by atoms with E-state index in [1.54, 1.807) is 12.5 Å². The number of carboxylic acid groups (broad SMARTS) is 1. The largest absolute Gasteiger partial charge is 0.490 e. The van der Waals surface area contributed by atoms with Gasteiger partial charge >= 0.3 is 12.1 Å². The Balaban J connectivity index is 0.000000448. The molecular formula is C26H24F4N6O3. The fourth-order valence-electron chi connectivity index (χ4n) is 3.71. The highest BCUT2D eigenvalue weighted by Crippen LogP contribution is 2.27. The summed E-state index contributed by atoms with van der Waals surface area (Å²) in [6, 6.07) is 15.7. The van der Waals surface area contributed by atoms with Gasteiger partial charge in [0.15, 0.2) is 5.82 Å². The summed E-state index contributed by atoms with van der Waals surface area (Å²) < 4.78 is 53.8. The topological polar surface area (TPSA) is 105 Å². The number of ether oxygens (including phenoxy) is 1. The molecule has 0 radical (unpaired) electrons. The van der Waals surface area contributed by atoms with Crippen LogP contribution in [0.25, 0.3) is 11.3 Å². The van der Waals surface area contributed by atoms with Crippen LogP contribution >= 0.6 is 0 Å². The quantitative estimate of drug-likeness (QED) is 0.336. The minimum atomic E-state index is -5.08. The fourth-order valence-corrected chi connectivity index (χ4v) is 3.71. The summed E-state index contributed by atoms with van der Waals surface area (Å²) in [6.07, 6.45) is 1.59. The molecule has 0 saturated carbocycles. The highest BCUT2D eigenvalue weighted by Gasteiger charge is 2.38. The zero-order valence-corrected chi connectivity index (χ0v) is 20.5. The van der Waals surface area contributed by atoms with Crippen molar-refractivity contribution >= 4 is 23.3 Å². The van der Waals surface area contributed by atoms with Gasteiger partial charge in [0.05, 0.1) is 25.7 Å². The SMILES string of the molecule is Fc1cnc(Nc2ccc(Cn3ccnc3)cc2)nc1-c1cccc(N2CCOCC2)c1.O=C(O)C(F)(F)F. The molecule has 3 heterocycles. The lowest BCUT2D eigenvalue weighted by Gasteiger charge is -2.29. The first-order valence-corrected chi connectivity index (χ1v) is 11.8. The molecule has 0 spiro atoms. The highest BCUT2D eigenvalue weighted by atomic mass is 19.4. The summed E-state index contributed by atoms with van der Waals surface area (Å²) in [5, 5.41) is 10.3. The first-order valence-electron chi connectivity index (χ1n) is 11.8. The lowest BCUT2D eigenvalue weighted by atomic mass is 10.1. The van der Waals surface area contributed by atoms with Crippen molar-refractivity contribution in [2.24, 2.45) is 0 Å². The van der Waals surface area contributed by atoms with Gasteiger partial charge in [-0.3, -0.25) is 0 Å². The highest BCUT2D eigenvalue weighted by molar-refractivity contribution is 5.73. The van der Waals surface area contributed by atoms with Crippen molar-refractivity contribution in [3.63, 3.8) is 0 Å². The van der Waals surface area contributed by atoms with Crippen LogP contribution in [-0.4, -0.2) is 63.1 Å². The summed E-state index contributed by atoms with van der Waals surface area (Å²) in [5.74, 6) is -2.86. The molecule has 4 aromatic rings. The number of nitrogens with zero attached hydrogens (tertiary/aromatic N) is 5. The van der Waals surface area contributed by atoms with Crippen molar-refractivity contribution in [1.82, 2.24) is 19.5 Å². The first kappa shape index (κ1) is 27.5. The second kappa shape index (κ2) is 12.3. The van der Waals surface area contributed by atoms with E-state index in [1.165, 1.54) is 6.20 Å². The van der Waals surface area contributed by atoms with Gasteiger partial charge in [0.2, 0.25) is 5.95 Å². The Bertz CT molecular complexity index is 1380. The fraction of sp³-hybridized carbons (Fsp3) is 0.231. The Kier molecular flexibility index (Phi) is 8.71. The number of carboxylic acids is 1. The number of benzene rings is 2. The van der Waals surface area contributed by atoms with E-state index >= 15 is 0 Å². The van der Waals surface area contributed by atoms with Crippen LogP contribution in [0.15, 0.2) is 73.4 Å². The molecule has 39 heavy (non-hydrogen) atoms. The Hall–Kier alpha value is -4.52. The minimum Gasteiger partial charge on any atom is -0.475 e. The van der Waals surface area contributed by atoms with Crippen LogP contribution in [0.3, 0.4) is 0 Å². The van der Waals surface area contributed by atoms with E-state index in [0.717, 1.165) is 36.6 Å². The maximum Gasteiger partial charge on any atom is 0.490 e. The number of halogens is 4. The average molecular weight is 545 g/mol. The van der Waals surface area contributed by atoms with Crippen molar-refractivity contribution in [1.29, 1.82) is 0 Å². The zero-order valence-electron chi connectivity index (χ0n) is 20.5. The number of alkyl halides is 3. The van der Waals surface area contributed by atoms with Gasteiger partial charge in [-0.2, -0.15) is 13.2 Å². The third-order valence-electron chi connectivity index (χ3n) is 5.62. The number of anilines is 3. The van der Waals surface area contributed by atoms with Gasteiger partial charge in [0.25, 0.3) is 0 Å². The van der Waals surface area contributed by atoms with Gasteiger partial charge in [0, 0.05) is 49.0 Å². The third-order valence-corrected chi connectivity index (χ3v) is 5.62. The summed E-state index contributed by atoms with van der Waals surface area (Å²) in [6.45, 7) is 3.78. The van der Waals surface area contributed by atoms with Crippen molar-refractivity contribution in [3.8, 4) is 11.3 Å². The van der Waals surface area contributed by atoms with Gasteiger partial charge in [-0.05, 0) is 29.8 Å². The third kappa shape index (κ3) is 7.74. The van der Waals surface area contributed by atoms with Gasteiger partial charge < -0.3 is 24.6 Å². The molecule has 1 fully saturated rings. The Morgan fingerprint density at radius 3 is 2.46 bits per heavy atom. The molecule has 1 saturated heterocycles. The lowest BCUT2D eigenvalue weighted by molar-refractivity contribution is -0.192. The van der Waals surface area contributed by atoms with Crippen LogP contribution in [0.1, 0.15) is 5.56 Å². The summed E-state index contributed by atoms with van der Waals surface area (Å²) in [5.41, 5.74) is 4.00. The van der Waals surface area contributed by atoms with Crippen LogP contribution in [-0.2, 0) is 16.1 Å². The smallest absolute Gasteiger partial charge is 0.475 e. The van der Waals surface area contributed by atoms with E-state index in [-0.39, 0.29) is 5.69 Å². The number of aliphatic carboxylic acids is 1. The molecule has 2 aromatic carbocycles. The molecule has 1 aliphatic rings. The number of rotatable bonds is 6. The van der Waals surface area contributed by atoms with Crippen LogP contribution < -0.4 is 10.2 Å². The van der Waals surface area contributed by atoms with Gasteiger partial charge in [0.1, 0.15) is 5.69 Å².